The van der Waals surface area contributed by atoms with Gasteiger partial charge in [-0.1, -0.05) is 56.7 Å². The van der Waals surface area contributed by atoms with Gasteiger partial charge in [-0.15, -0.1) is 0 Å². The second kappa shape index (κ2) is 12.1. The van der Waals surface area contributed by atoms with Gasteiger partial charge in [0.05, 0.1) is 4.90 Å². The van der Waals surface area contributed by atoms with Crippen molar-refractivity contribution in [1.29, 1.82) is 0 Å². The average molecular weight is 470 g/mol. The molecule has 1 aliphatic rings. The number of hydrogen-bond acceptors (Lipinski definition) is 4. The number of rotatable bonds is 10. The van der Waals surface area contributed by atoms with E-state index in [4.69, 9.17) is 0 Å². The SMILES string of the molecule is CCN(CC)S(=O)(=O)c1ccc(/C=C/C(=O)NCc2ccc(CN3CCCCC3)cc2)cc1. The van der Waals surface area contributed by atoms with Gasteiger partial charge in [-0.2, -0.15) is 4.31 Å². The molecule has 2 aromatic carbocycles. The standard InChI is InChI=1S/C26H35N3O3S/c1-3-29(4-2)33(31,32)25-15-12-22(13-16-25)14-17-26(30)27-20-23-8-10-24(11-9-23)21-28-18-6-5-7-19-28/h8-17H,3-7,18-21H2,1-2H3,(H,27,30)/b17-14+. The van der Waals surface area contributed by atoms with Crippen molar-refractivity contribution < 1.29 is 13.2 Å². The minimum atomic E-state index is -3.47. The molecule has 178 valence electrons. The van der Waals surface area contributed by atoms with Gasteiger partial charge in [-0.25, -0.2) is 8.42 Å². The number of benzene rings is 2. The number of nitrogens with zero attached hydrogens (tertiary/aromatic N) is 2. The molecule has 33 heavy (non-hydrogen) atoms. The summed E-state index contributed by atoms with van der Waals surface area (Å²) in [6.45, 7) is 8.32. The Labute approximate surface area is 198 Å². The Morgan fingerprint density at radius 1 is 0.939 bits per heavy atom. The van der Waals surface area contributed by atoms with Crippen LogP contribution in [0.3, 0.4) is 0 Å². The third-order valence-electron chi connectivity index (χ3n) is 6.00. The van der Waals surface area contributed by atoms with Crippen LogP contribution in [-0.2, 0) is 27.9 Å². The number of piperidine rings is 1. The van der Waals surface area contributed by atoms with Crippen LogP contribution < -0.4 is 5.32 Å². The molecule has 1 N–H and O–H groups in total. The summed E-state index contributed by atoms with van der Waals surface area (Å²) in [5.74, 6) is -0.188. The largest absolute Gasteiger partial charge is 0.348 e. The molecule has 0 saturated carbocycles. The molecule has 1 amide bonds. The van der Waals surface area contributed by atoms with Crippen molar-refractivity contribution in [3.8, 4) is 0 Å². The Balaban J connectivity index is 1.49. The molecule has 3 rings (SSSR count). The van der Waals surface area contributed by atoms with Gasteiger partial charge in [-0.3, -0.25) is 9.69 Å². The summed E-state index contributed by atoms with van der Waals surface area (Å²) in [7, 11) is -3.47. The summed E-state index contributed by atoms with van der Waals surface area (Å²) < 4.78 is 26.5. The molecule has 1 fully saturated rings. The average Bonchev–Trinajstić information content (AvgIpc) is 2.84. The highest BCUT2D eigenvalue weighted by Crippen LogP contribution is 2.17. The van der Waals surface area contributed by atoms with Crippen LogP contribution >= 0.6 is 0 Å². The zero-order valence-electron chi connectivity index (χ0n) is 19.7. The second-order valence-corrected chi connectivity index (χ2v) is 10.3. The Hall–Kier alpha value is -2.48. The van der Waals surface area contributed by atoms with Crippen LogP contribution in [0.25, 0.3) is 6.08 Å². The van der Waals surface area contributed by atoms with E-state index < -0.39 is 10.0 Å². The van der Waals surface area contributed by atoms with Gasteiger partial charge in [0.15, 0.2) is 0 Å². The molecule has 0 atom stereocenters. The number of nitrogens with one attached hydrogen (secondary N) is 1. The van der Waals surface area contributed by atoms with Crippen LogP contribution in [0.15, 0.2) is 59.5 Å². The van der Waals surface area contributed by atoms with Gasteiger partial charge in [0.2, 0.25) is 15.9 Å². The maximum Gasteiger partial charge on any atom is 0.244 e. The van der Waals surface area contributed by atoms with E-state index in [-0.39, 0.29) is 10.8 Å². The highest BCUT2D eigenvalue weighted by Gasteiger charge is 2.20. The number of hydrogen-bond donors (Lipinski definition) is 1. The lowest BCUT2D eigenvalue weighted by atomic mass is 10.1. The fraction of sp³-hybridized carbons (Fsp3) is 0.423. The van der Waals surface area contributed by atoms with Gasteiger partial charge in [-0.05, 0) is 60.8 Å². The van der Waals surface area contributed by atoms with E-state index in [0.717, 1.165) is 17.7 Å². The van der Waals surface area contributed by atoms with Crippen LogP contribution in [-0.4, -0.2) is 49.7 Å². The van der Waals surface area contributed by atoms with Crippen LogP contribution in [0.4, 0.5) is 0 Å². The zero-order valence-corrected chi connectivity index (χ0v) is 20.5. The van der Waals surface area contributed by atoms with Gasteiger partial charge >= 0.3 is 0 Å². The van der Waals surface area contributed by atoms with Gasteiger partial charge in [0.25, 0.3) is 0 Å². The molecule has 0 unspecified atom stereocenters. The molecule has 6 nitrogen and oxygen atoms in total. The van der Waals surface area contributed by atoms with Gasteiger partial charge in [0.1, 0.15) is 0 Å². The van der Waals surface area contributed by atoms with Crippen molar-refractivity contribution in [2.75, 3.05) is 26.2 Å². The number of carbonyl (C=O) groups is 1. The fourth-order valence-electron chi connectivity index (χ4n) is 4.02. The number of carbonyl (C=O) groups excluding carboxylic acids is 1. The zero-order chi connectivity index (χ0) is 23.7. The van der Waals surface area contributed by atoms with E-state index in [1.54, 1.807) is 30.3 Å². The van der Waals surface area contributed by atoms with Crippen molar-refractivity contribution in [3.05, 3.63) is 71.3 Å². The summed E-state index contributed by atoms with van der Waals surface area (Å²) in [5, 5.41) is 2.90. The number of amides is 1. The topological polar surface area (TPSA) is 69.7 Å². The molecule has 2 aromatic rings. The van der Waals surface area contributed by atoms with Crippen LogP contribution in [0.2, 0.25) is 0 Å². The molecule has 0 spiro atoms. The van der Waals surface area contributed by atoms with Gasteiger partial charge in [0, 0.05) is 32.3 Å². The quantitative estimate of drug-likeness (QED) is 0.534. The molecule has 0 bridgehead atoms. The van der Waals surface area contributed by atoms with Crippen molar-refractivity contribution in [3.63, 3.8) is 0 Å². The lowest BCUT2D eigenvalue weighted by Gasteiger charge is -2.26. The summed E-state index contributed by atoms with van der Waals surface area (Å²) in [4.78, 5) is 15.0. The van der Waals surface area contributed by atoms with Crippen LogP contribution in [0.5, 0.6) is 0 Å². The monoisotopic (exact) mass is 469 g/mol. The lowest BCUT2D eigenvalue weighted by molar-refractivity contribution is -0.116. The molecule has 0 aliphatic carbocycles. The Morgan fingerprint density at radius 2 is 1.55 bits per heavy atom. The number of sulfonamides is 1. The highest BCUT2D eigenvalue weighted by atomic mass is 32.2. The Bertz CT molecular complexity index is 1020. The van der Waals surface area contributed by atoms with E-state index in [0.29, 0.717) is 19.6 Å². The third-order valence-corrected chi connectivity index (χ3v) is 8.06. The molecular formula is C26H35N3O3S. The van der Waals surface area contributed by atoms with Crippen molar-refractivity contribution in [2.24, 2.45) is 0 Å². The minimum absolute atomic E-state index is 0.188. The first kappa shape index (κ1) is 25.1. The predicted octanol–water partition coefficient (Wildman–Crippen LogP) is 4.03. The third kappa shape index (κ3) is 7.25. The van der Waals surface area contributed by atoms with Crippen molar-refractivity contribution in [2.45, 2.75) is 51.1 Å². The van der Waals surface area contributed by atoms with E-state index in [9.17, 15) is 13.2 Å². The lowest BCUT2D eigenvalue weighted by Crippen LogP contribution is -2.30. The number of likely N-dealkylation sites (tertiary alicyclic amines) is 1. The molecule has 1 heterocycles. The van der Waals surface area contributed by atoms with E-state index in [1.807, 2.05) is 13.8 Å². The second-order valence-electron chi connectivity index (χ2n) is 8.36. The normalized spacial score (nSPS) is 15.2. The smallest absolute Gasteiger partial charge is 0.244 e. The summed E-state index contributed by atoms with van der Waals surface area (Å²) >= 11 is 0. The highest BCUT2D eigenvalue weighted by molar-refractivity contribution is 7.89. The summed E-state index contributed by atoms with van der Waals surface area (Å²) in [5.41, 5.74) is 3.13. The maximum atomic E-state index is 12.6. The molecule has 7 heteroatoms. The first-order chi connectivity index (χ1) is 15.9. The van der Waals surface area contributed by atoms with E-state index in [2.05, 4.69) is 34.5 Å². The Kier molecular flexibility index (Phi) is 9.23. The molecule has 1 saturated heterocycles. The van der Waals surface area contributed by atoms with Crippen molar-refractivity contribution >= 4 is 22.0 Å². The first-order valence-corrected chi connectivity index (χ1v) is 13.2. The van der Waals surface area contributed by atoms with Crippen molar-refractivity contribution in [1.82, 2.24) is 14.5 Å². The molecular weight excluding hydrogens is 434 g/mol. The molecule has 1 aliphatic heterocycles. The maximum absolute atomic E-state index is 12.6. The minimum Gasteiger partial charge on any atom is -0.348 e. The Morgan fingerprint density at radius 3 is 2.15 bits per heavy atom. The predicted molar refractivity (Wildman–Crippen MR) is 133 cm³/mol. The summed E-state index contributed by atoms with van der Waals surface area (Å²) in [6.07, 6.45) is 7.07. The van der Waals surface area contributed by atoms with Gasteiger partial charge < -0.3 is 5.32 Å². The van der Waals surface area contributed by atoms with E-state index >= 15 is 0 Å². The fourth-order valence-corrected chi connectivity index (χ4v) is 5.48. The van der Waals surface area contributed by atoms with E-state index in [1.165, 1.54) is 48.3 Å². The van der Waals surface area contributed by atoms with Crippen LogP contribution in [0.1, 0.15) is 49.8 Å². The van der Waals surface area contributed by atoms with Crippen LogP contribution in [0, 0.1) is 0 Å². The first-order valence-electron chi connectivity index (χ1n) is 11.8. The molecule has 0 aromatic heterocycles. The summed E-state index contributed by atoms with van der Waals surface area (Å²) in [6, 6.07) is 15.0. The molecule has 0 radical (unpaired) electrons.